The number of nitrogens with zero attached hydrogens (tertiary/aromatic N) is 2. The molecule has 124 valence electrons. The number of hydrogen-bond donors (Lipinski definition) is 2. The lowest BCUT2D eigenvalue weighted by atomic mass is 10.2. The quantitative estimate of drug-likeness (QED) is 0.679. The Morgan fingerprint density at radius 3 is 2.57 bits per heavy atom. The first-order chi connectivity index (χ1) is 11.1. The Labute approximate surface area is 137 Å². The van der Waals surface area contributed by atoms with Gasteiger partial charge in [-0.1, -0.05) is 25.1 Å². The Morgan fingerprint density at radius 1 is 1.22 bits per heavy atom. The summed E-state index contributed by atoms with van der Waals surface area (Å²) in [5, 5.41) is 14.0. The Balaban J connectivity index is 2.51. The lowest BCUT2D eigenvalue weighted by Gasteiger charge is -2.20. The summed E-state index contributed by atoms with van der Waals surface area (Å²) in [5.41, 5.74) is 1.78. The summed E-state index contributed by atoms with van der Waals surface area (Å²) in [4.78, 5) is 25.8. The highest BCUT2D eigenvalue weighted by Gasteiger charge is 2.14. The van der Waals surface area contributed by atoms with Crippen LogP contribution in [-0.2, 0) is 9.59 Å². The van der Waals surface area contributed by atoms with Gasteiger partial charge in [0.25, 0.3) is 0 Å². The molecule has 1 rings (SSSR count). The number of hydrogen-bond acceptors (Lipinski definition) is 4. The van der Waals surface area contributed by atoms with Crippen molar-refractivity contribution in [3.05, 3.63) is 29.8 Å². The van der Waals surface area contributed by atoms with Crippen LogP contribution in [0.3, 0.4) is 0 Å². The third-order valence-corrected chi connectivity index (χ3v) is 3.25. The van der Waals surface area contributed by atoms with Gasteiger partial charge in [0.15, 0.2) is 0 Å². The molecule has 0 atom stereocenters. The van der Waals surface area contributed by atoms with Gasteiger partial charge in [-0.25, -0.2) is 0 Å². The van der Waals surface area contributed by atoms with Gasteiger partial charge in [0.05, 0.1) is 25.6 Å². The third kappa shape index (κ3) is 7.43. The molecular weight excluding hydrogens is 292 g/mol. The second-order valence-electron chi connectivity index (χ2n) is 5.33. The SMILES string of the molecule is CCCN(CC(=O)NCCC#N)CC(=O)Nc1ccccc1C. The van der Waals surface area contributed by atoms with Crippen molar-refractivity contribution < 1.29 is 9.59 Å². The van der Waals surface area contributed by atoms with Crippen LogP contribution in [0, 0.1) is 18.3 Å². The summed E-state index contributed by atoms with van der Waals surface area (Å²) in [6, 6.07) is 9.55. The molecule has 0 aliphatic carbocycles. The first-order valence-electron chi connectivity index (χ1n) is 7.78. The first kappa shape index (κ1) is 18.7. The van der Waals surface area contributed by atoms with Crippen LogP contribution in [0.2, 0.25) is 0 Å². The highest BCUT2D eigenvalue weighted by molar-refractivity contribution is 5.93. The highest BCUT2D eigenvalue weighted by Crippen LogP contribution is 2.12. The molecule has 0 spiro atoms. The van der Waals surface area contributed by atoms with Gasteiger partial charge < -0.3 is 10.6 Å². The Hall–Kier alpha value is -2.39. The molecule has 0 aliphatic heterocycles. The highest BCUT2D eigenvalue weighted by atomic mass is 16.2. The van der Waals surface area contributed by atoms with Crippen LogP contribution in [0.15, 0.2) is 24.3 Å². The molecule has 0 bridgehead atoms. The second kappa shape index (κ2) is 10.4. The molecule has 2 N–H and O–H groups in total. The van der Waals surface area contributed by atoms with E-state index in [2.05, 4.69) is 10.6 Å². The van der Waals surface area contributed by atoms with Gasteiger partial charge in [-0.2, -0.15) is 5.26 Å². The molecular formula is C17H24N4O2. The van der Waals surface area contributed by atoms with Crippen molar-refractivity contribution in [2.45, 2.75) is 26.7 Å². The van der Waals surface area contributed by atoms with Gasteiger partial charge >= 0.3 is 0 Å². The van der Waals surface area contributed by atoms with Crippen LogP contribution in [0.4, 0.5) is 5.69 Å². The molecule has 0 saturated carbocycles. The number of nitriles is 1. The van der Waals surface area contributed by atoms with E-state index in [1.54, 1.807) is 4.90 Å². The second-order valence-corrected chi connectivity index (χ2v) is 5.33. The summed E-state index contributed by atoms with van der Waals surface area (Å²) in [6.45, 7) is 5.24. The number of amides is 2. The molecule has 0 fully saturated rings. The number of aryl methyl sites for hydroxylation is 1. The molecule has 0 unspecified atom stereocenters. The van der Waals surface area contributed by atoms with Crippen molar-refractivity contribution in [1.82, 2.24) is 10.2 Å². The minimum atomic E-state index is -0.169. The zero-order valence-electron chi connectivity index (χ0n) is 13.8. The molecule has 6 heteroatoms. The zero-order chi connectivity index (χ0) is 17.1. The van der Waals surface area contributed by atoms with Crippen molar-refractivity contribution in [3.8, 4) is 6.07 Å². The number of carbonyl (C=O) groups is 2. The number of nitrogens with one attached hydrogen (secondary N) is 2. The summed E-state index contributed by atoms with van der Waals surface area (Å²) in [5.74, 6) is -0.310. The Morgan fingerprint density at radius 2 is 1.91 bits per heavy atom. The van der Waals surface area contributed by atoms with Crippen molar-refractivity contribution >= 4 is 17.5 Å². The maximum absolute atomic E-state index is 12.2. The van der Waals surface area contributed by atoms with Gasteiger partial charge in [0.1, 0.15) is 0 Å². The maximum atomic E-state index is 12.2. The van der Waals surface area contributed by atoms with Crippen LogP contribution in [-0.4, -0.2) is 42.9 Å². The van der Waals surface area contributed by atoms with Crippen LogP contribution >= 0.6 is 0 Å². The van der Waals surface area contributed by atoms with Crippen molar-refractivity contribution in [3.63, 3.8) is 0 Å². The van der Waals surface area contributed by atoms with Gasteiger partial charge in [0, 0.05) is 12.2 Å². The topological polar surface area (TPSA) is 85.2 Å². The molecule has 0 aromatic heterocycles. The van der Waals surface area contributed by atoms with Gasteiger partial charge in [-0.15, -0.1) is 0 Å². The molecule has 1 aromatic carbocycles. The van der Waals surface area contributed by atoms with E-state index in [4.69, 9.17) is 5.26 Å². The van der Waals surface area contributed by atoms with Gasteiger partial charge in [-0.3, -0.25) is 14.5 Å². The molecule has 23 heavy (non-hydrogen) atoms. The van der Waals surface area contributed by atoms with Crippen LogP contribution in [0.25, 0.3) is 0 Å². The fourth-order valence-corrected chi connectivity index (χ4v) is 2.15. The average Bonchev–Trinajstić information content (AvgIpc) is 2.50. The van der Waals surface area contributed by atoms with Crippen LogP contribution in [0.1, 0.15) is 25.3 Å². The van der Waals surface area contributed by atoms with E-state index < -0.39 is 0 Å². The predicted octanol–water partition coefficient (Wildman–Crippen LogP) is 1.68. The number of anilines is 1. The van der Waals surface area contributed by atoms with E-state index in [0.29, 0.717) is 13.1 Å². The fraction of sp³-hybridized carbons (Fsp3) is 0.471. The van der Waals surface area contributed by atoms with Crippen LogP contribution in [0.5, 0.6) is 0 Å². The smallest absolute Gasteiger partial charge is 0.238 e. The van der Waals surface area contributed by atoms with Gasteiger partial charge in [-0.05, 0) is 31.5 Å². The van der Waals surface area contributed by atoms with E-state index in [0.717, 1.165) is 17.7 Å². The zero-order valence-corrected chi connectivity index (χ0v) is 13.8. The number of para-hydroxylation sites is 1. The van der Waals surface area contributed by atoms with Crippen molar-refractivity contribution in [2.75, 3.05) is 31.5 Å². The van der Waals surface area contributed by atoms with Crippen molar-refractivity contribution in [1.29, 1.82) is 5.26 Å². The van der Waals surface area contributed by atoms with E-state index >= 15 is 0 Å². The minimum absolute atomic E-state index is 0.141. The molecule has 1 aromatic rings. The average molecular weight is 316 g/mol. The normalized spacial score (nSPS) is 10.2. The van der Waals surface area contributed by atoms with E-state index in [1.165, 1.54) is 0 Å². The monoisotopic (exact) mass is 316 g/mol. The third-order valence-electron chi connectivity index (χ3n) is 3.25. The number of benzene rings is 1. The predicted molar refractivity (Wildman–Crippen MR) is 89.8 cm³/mol. The van der Waals surface area contributed by atoms with Crippen molar-refractivity contribution in [2.24, 2.45) is 0 Å². The summed E-state index contributed by atoms with van der Waals surface area (Å²) in [6.07, 6.45) is 1.14. The molecule has 0 radical (unpaired) electrons. The fourth-order valence-electron chi connectivity index (χ4n) is 2.15. The van der Waals surface area contributed by atoms with E-state index in [9.17, 15) is 9.59 Å². The summed E-state index contributed by atoms with van der Waals surface area (Å²) < 4.78 is 0. The Kier molecular flexibility index (Phi) is 8.40. The molecule has 0 saturated heterocycles. The van der Waals surface area contributed by atoms with Crippen LogP contribution < -0.4 is 10.6 Å². The minimum Gasteiger partial charge on any atom is -0.354 e. The Bertz CT molecular complexity index is 566. The first-order valence-corrected chi connectivity index (χ1v) is 7.78. The van der Waals surface area contributed by atoms with Gasteiger partial charge in [0.2, 0.25) is 11.8 Å². The maximum Gasteiger partial charge on any atom is 0.238 e. The number of carbonyl (C=O) groups excluding carboxylic acids is 2. The molecule has 2 amide bonds. The van der Waals surface area contributed by atoms with E-state index in [1.807, 2.05) is 44.2 Å². The standard InChI is InChI=1S/C17H24N4O2/c1-3-11-21(12-16(22)19-10-6-9-18)13-17(23)20-15-8-5-4-7-14(15)2/h4-5,7-8H,3,6,10-13H2,1-2H3,(H,19,22)(H,20,23). The lowest BCUT2D eigenvalue weighted by Crippen LogP contribution is -2.41. The number of rotatable bonds is 9. The largest absolute Gasteiger partial charge is 0.354 e. The molecule has 0 heterocycles. The summed E-state index contributed by atoms with van der Waals surface area (Å²) >= 11 is 0. The molecule has 0 aliphatic rings. The lowest BCUT2D eigenvalue weighted by molar-refractivity contribution is -0.123. The summed E-state index contributed by atoms with van der Waals surface area (Å²) in [7, 11) is 0. The van der Waals surface area contributed by atoms with E-state index in [-0.39, 0.29) is 31.3 Å². The molecule has 6 nitrogen and oxygen atoms in total.